The third-order valence-corrected chi connectivity index (χ3v) is 3.91. The maximum atomic E-state index is 12.1. The van der Waals surface area contributed by atoms with Crippen LogP contribution >= 0.6 is 0 Å². The van der Waals surface area contributed by atoms with Crippen LogP contribution < -0.4 is 10.6 Å². The van der Waals surface area contributed by atoms with E-state index in [0.29, 0.717) is 29.6 Å². The highest BCUT2D eigenvalue weighted by molar-refractivity contribution is 5.78. The maximum Gasteiger partial charge on any atom is 0.263 e. The minimum atomic E-state index is -0.0393. The number of rotatable bonds is 6. The van der Waals surface area contributed by atoms with Crippen molar-refractivity contribution in [2.24, 2.45) is 0 Å². The molecule has 0 aliphatic carbocycles. The minimum Gasteiger partial charge on any atom is -0.459 e. The molecule has 2 aromatic heterocycles. The fourth-order valence-corrected chi connectivity index (χ4v) is 2.60. The molecule has 1 amide bonds. The first kappa shape index (κ1) is 15.8. The largest absolute Gasteiger partial charge is 0.459 e. The van der Waals surface area contributed by atoms with Gasteiger partial charge in [0, 0.05) is 39.3 Å². The van der Waals surface area contributed by atoms with Gasteiger partial charge in [-0.15, -0.1) is 0 Å². The predicted molar refractivity (Wildman–Crippen MR) is 85.0 cm³/mol. The highest BCUT2D eigenvalue weighted by Crippen LogP contribution is 2.22. The topological polar surface area (TPSA) is 83.5 Å². The standard InChI is InChI=1S/C16H22N4O3/c1-12-13(19-16(23-12)14-3-2-10-22-14)11-15(21)18-6-9-20-7-4-17-5-8-20/h2-3,10,17H,4-9,11H2,1H3,(H,18,21). The first-order valence-electron chi connectivity index (χ1n) is 7.92. The average molecular weight is 318 g/mol. The van der Waals surface area contributed by atoms with Gasteiger partial charge in [-0.25, -0.2) is 4.98 Å². The smallest absolute Gasteiger partial charge is 0.263 e. The molecule has 0 aromatic carbocycles. The van der Waals surface area contributed by atoms with Gasteiger partial charge in [-0.3, -0.25) is 9.69 Å². The van der Waals surface area contributed by atoms with Gasteiger partial charge < -0.3 is 19.5 Å². The van der Waals surface area contributed by atoms with Crippen LogP contribution in [0.3, 0.4) is 0 Å². The molecule has 124 valence electrons. The summed E-state index contributed by atoms with van der Waals surface area (Å²) in [5.41, 5.74) is 0.649. The van der Waals surface area contributed by atoms with Crippen molar-refractivity contribution in [3.8, 4) is 11.7 Å². The molecule has 0 unspecified atom stereocenters. The third-order valence-electron chi connectivity index (χ3n) is 3.91. The lowest BCUT2D eigenvalue weighted by atomic mass is 10.2. The quantitative estimate of drug-likeness (QED) is 0.820. The van der Waals surface area contributed by atoms with E-state index >= 15 is 0 Å². The van der Waals surface area contributed by atoms with Crippen molar-refractivity contribution in [3.63, 3.8) is 0 Å². The summed E-state index contributed by atoms with van der Waals surface area (Å²) in [6.07, 6.45) is 1.79. The number of aryl methyl sites for hydroxylation is 1. The van der Waals surface area contributed by atoms with Gasteiger partial charge in [-0.05, 0) is 19.1 Å². The number of furan rings is 1. The SMILES string of the molecule is Cc1oc(-c2ccco2)nc1CC(=O)NCCN1CCNCC1. The molecule has 0 saturated carbocycles. The lowest BCUT2D eigenvalue weighted by Crippen LogP contribution is -2.46. The molecular formula is C16H22N4O3. The normalized spacial score (nSPS) is 15.7. The van der Waals surface area contributed by atoms with Gasteiger partial charge in [-0.2, -0.15) is 0 Å². The Kier molecular flexibility index (Phi) is 5.09. The van der Waals surface area contributed by atoms with Gasteiger partial charge in [0.2, 0.25) is 5.91 Å². The zero-order chi connectivity index (χ0) is 16.1. The highest BCUT2D eigenvalue weighted by Gasteiger charge is 2.16. The second-order valence-corrected chi connectivity index (χ2v) is 5.62. The summed E-state index contributed by atoms with van der Waals surface area (Å²) in [6, 6.07) is 3.56. The van der Waals surface area contributed by atoms with Crippen molar-refractivity contribution in [3.05, 3.63) is 29.9 Å². The molecule has 3 rings (SSSR count). The number of nitrogens with zero attached hydrogens (tertiary/aromatic N) is 2. The van der Waals surface area contributed by atoms with Gasteiger partial charge in [0.05, 0.1) is 18.4 Å². The van der Waals surface area contributed by atoms with Crippen LogP contribution in [0.5, 0.6) is 0 Å². The number of amides is 1. The first-order chi connectivity index (χ1) is 11.2. The highest BCUT2D eigenvalue weighted by atomic mass is 16.4. The number of aromatic nitrogens is 1. The van der Waals surface area contributed by atoms with E-state index in [2.05, 4.69) is 20.5 Å². The van der Waals surface area contributed by atoms with Crippen LogP contribution in [0, 0.1) is 6.92 Å². The number of piperazine rings is 1. The zero-order valence-electron chi connectivity index (χ0n) is 13.3. The van der Waals surface area contributed by atoms with Crippen molar-refractivity contribution in [1.82, 2.24) is 20.5 Å². The molecule has 2 N–H and O–H groups in total. The number of carbonyl (C=O) groups is 1. The molecule has 1 aliphatic rings. The molecule has 1 aliphatic heterocycles. The predicted octanol–water partition coefficient (Wildman–Crippen LogP) is 0.807. The Morgan fingerprint density at radius 3 is 3.00 bits per heavy atom. The van der Waals surface area contributed by atoms with Crippen LogP contribution in [0.1, 0.15) is 11.5 Å². The van der Waals surface area contributed by atoms with E-state index in [1.54, 1.807) is 18.4 Å². The summed E-state index contributed by atoms with van der Waals surface area (Å²) in [4.78, 5) is 18.7. The van der Waals surface area contributed by atoms with Gasteiger partial charge in [0.1, 0.15) is 5.76 Å². The van der Waals surface area contributed by atoms with Crippen LogP contribution in [0.15, 0.2) is 27.2 Å². The number of hydrogen-bond acceptors (Lipinski definition) is 6. The van der Waals surface area contributed by atoms with Crippen molar-refractivity contribution in [2.45, 2.75) is 13.3 Å². The van der Waals surface area contributed by atoms with Crippen LogP contribution in [0.4, 0.5) is 0 Å². The van der Waals surface area contributed by atoms with E-state index in [0.717, 1.165) is 32.7 Å². The Morgan fingerprint density at radius 2 is 2.26 bits per heavy atom. The van der Waals surface area contributed by atoms with Crippen LogP contribution in [-0.4, -0.2) is 55.1 Å². The number of nitrogens with one attached hydrogen (secondary N) is 2. The molecule has 2 aromatic rings. The van der Waals surface area contributed by atoms with Crippen molar-refractivity contribution < 1.29 is 13.6 Å². The van der Waals surface area contributed by atoms with Crippen molar-refractivity contribution in [2.75, 3.05) is 39.3 Å². The Balaban J connectivity index is 1.48. The molecule has 1 fully saturated rings. The van der Waals surface area contributed by atoms with Gasteiger partial charge in [-0.1, -0.05) is 0 Å². The molecule has 3 heterocycles. The molecule has 1 saturated heterocycles. The zero-order valence-corrected chi connectivity index (χ0v) is 13.3. The maximum absolute atomic E-state index is 12.1. The third kappa shape index (κ3) is 4.20. The molecule has 0 radical (unpaired) electrons. The molecular weight excluding hydrogens is 296 g/mol. The molecule has 0 atom stereocenters. The number of hydrogen-bond donors (Lipinski definition) is 2. The monoisotopic (exact) mass is 318 g/mol. The summed E-state index contributed by atoms with van der Waals surface area (Å²) < 4.78 is 10.8. The lowest BCUT2D eigenvalue weighted by Gasteiger charge is -2.27. The molecule has 7 heteroatoms. The Hall–Kier alpha value is -2.12. The second-order valence-electron chi connectivity index (χ2n) is 5.62. The van der Waals surface area contributed by atoms with Gasteiger partial charge >= 0.3 is 0 Å². The molecule has 0 spiro atoms. The molecule has 0 bridgehead atoms. The van der Waals surface area contributed by atoms with Crippen molar-refractivity contribution in [1.29, 1.82) is 0 Å². The summed E-state index contributed by atoms with van der Waals surface area (Å²) in [6.45, 7) is 7.44. The average Bonchev–Trinajstić information content (AvgIpc) is 3.19. The Bertz CT molecular complexity index is 630. The Morgan fingerprint density at radius 1 is 1.43 bits per heavy atom. The summed E-state index contributed by atoms with van der Waals surface area (Å²) in [5.74, 6) is 1.59. The van der Waals surface area contributed by atoms with Gasteiger partial charge in [0.25, 0.3) is 5.89 Å². The van der Waals surface area contributed by atoms with E-state index in [1.807, 2.05) is 6.92 Å². The van der Waals surface area contributed by atoms with Crippen LogP contribution in [-0.2, 0) is 11.2 Å². The first-order valence-corrected chi connectivity index (χ1v) is 7.92. The van der Waals surface area contributed by atoms with Gasteiger partial charge in [0.15, 0.2) is 5.76 Å². The molecule has 7 nitrogen and oxygen atoms in total. The van der Waals surface area contributed by atoms with Crippen LogP contribution in [0.2, 0.25) is 0 Å². The van der Waals surface area contributed by atoms with E-state index in [1.165, 1.54) is 0 Å². The summed E-state index contributed by atoms with van der Waals surface area (Å²) >= 11 is 0. The molecule has 23 heavy (non-hydrogen) atoms. The Labute approximate surface area is 135 Å². The summed E-state index contributed by atoms with van der Waals surface area (Å²) in [7, 11) is 0. The van der Waals surface area contributed by atoms with Crippen LogP contribution in [0.25, 0.3) is 11.7 Å². The lowest BCUT2D eigenvalue weighted by molar-refractivity contribution is -0.120. The van der Waals surface area contributed by atoms with E-state index in [4.69, 9.17) is 8.83 Å². The second kappa shape index (κ2) is 7.43. The summed E-state index contributed by atoms with van der Waals surface area (Å²) in [5, 5.41) is 6.25. The van der Waals surface area contributed by atoms with Crippen molar-refractivity contribution >= 4 is 5.91 Å². The fourth-order valence-electron chi connectivity index (χ4n) is 2.60. The van der Waals surface area contributed by atoms with E-state index < -0.39 is 0 Å². The number of carbonyl (C=O) groups excluding carboxylic acids is 1. The fraction of sp³-hybridized carbons (Fsp3) is 0.500. The number of oxazole rings is 1. The van der Waals surface area contributed by atoms with E-state index in [9.17, 15) is 4.79 Å². The van der Waals surface area contributed by atoms with E-state index in [-0.39, 0.29) is 12.3 Å². The minimum absolute atomic E-state index is 0.0393.